The number of thiophene rings is 1. The Morgan fingerprint density at radius 2 is 2.39 bits per heavy atom. The van der Waals surface area contributed by atoms with Gasteiger partial charge < -0.3 is 15.4 Å². The minimum atomic E-state index is -0.158. The highest BCUT2D eigenvalue weighted by atomic mass is 32.1. The molecule has 0 spiro atoms. The number of hydrogen-bond acceptors (Lipinski definition) is 4. The molecule has 2 N–H and O–H groups in total. The molecule has 0 saturated carbocycles. The van der Waals surface area contributed by atoms with Gasteiger partial charge >= 0.3 is 0 Å². The number of hydrogen-bond donors (Lipinski definition) is 2. The van der Waals surface area contributed by atoms with Crippen LogP contribution in [0.5, 0.6) is 0 Å². The van der Waals surface area contributed by atoms with Crippen molar-refractivity contribution in [1.82, 2.24) is 10.6 Å². The fraction of sp³-hybridized carbons (Fsp3) is 0.615. The molecule has 1 aliphatic rings. The first-order valence-corrected chi connectivity index (χ1v) is 7.17. The maximum absolute atomic E-state index is 11.7. The predicted molar refractivity (Wildman–Crippen MR) is 72.8 cm³/mol. The summed E-state index contributed by atoms with van der Waals surface area (Å²) < 4.78 is 5.58. The van der Waals surface area contributed by atoms with Gasteiger partial charge in [-0.15, -0.1) is 11.3 Å². The van der Waals surface area contributed by atoms with E-state index in [0.717, 1.165) is 19.5 Å². The van der Waals surface area contributed by atoms with Crippen LogP contribution in [-0.4, -0.2) is 31.2 Å². The van der Waals surface area contributed by atoms with Crippen molar-refractivity contribution in [2.45, 2.75) is 32.4 Å². The molecule has 100 valence electrons. The van der Waals surface area contributed by atoms with E-state index < -0.39 is 0 Å². The van der Waals surface area contributed by atoms with Gasteiger partial charge in [0.25, 0.3) is 0 Å². The Morgan fingerprint density at radius 3 is 3.00 bits per heavy atom. The molecular formula is C13H20N2O2S. The van der Waals surface area contributed by atoms with Gasteiger partial charge in [0, 0.05) is 18.0 Å². The van der Waals surface area contributed by atoms with Crippen LogP contribution in [0.3, 0.4) is 0 Å². The minimum Gasteiger partial charge on any atom is -0.363 e. The first-order valence-electron chi connectivity index (χ1n) is 6.29. The van der Waals surface area contributed by atoms with Gasteiger partial charge in [-0.05, 0) is 30.4 Å². The van der Waals surface area contributed by atoms with Crippen molar-refractivity contribution < 1.29 is 9.53 Å². The maximum atomic E-state index is 11.7. The van der Waals surface area contributed by atoms with Gasteiger partial charge in [-0.25, -0.2) is 0 Å². The molecule has 0 aromatic carbocycles. The SMILES string of the molecule is CCc1ccsc1CNC(=O)COC1(C)CNC1. The number of rotatable bonds is 6. The molecule has 18 heavy (non-hydrogen) atoms. The molecule has 0 unspecified atom stereocenters. The van der Waals surface area contributed by atoms with E-state index in [2.05, 4.69) is 29.0 Å². The lowest BCUT2D eigenvalue weighted by Crippen LogP contribution is -2.59. The minimum absolute atomic E-state index is 0.0430. The average molecular weight is 268 g/mol. The Kier molecular flexibility index (Phi) is 4.37. The Bertz CT molecular complexity index is 413. The van der Waals surface area contributed by atoms with Crippen molar-refractivity contribution in [3.63, 3.8) is 0 Å². The number of ether oxygens (including phenoxy) is 1. The van der Waals surface area contributed by atoms with Gasteiger partial charge in [0.1, 0.15) is 6.61 Å². The van der Waals surface area contributed by atoms with E-state index in [0.29, 0.717) is 6.54 Å². The van der Waals surface area contributed by atoms with Crippen LogP contribution < -0.4 is 10.6 Å². The highest BCUT2D eigenvalue weighted by Gasteiger charge is 2.32. The van der Waals surface area contributed by atoms with Crippen molar-refractivity contribution in [3.8, 4) is 0 Å². The van der Waals surface area contributed by atoms with Crippen molar-refractivity contribution in [3.05, 3.63) is 21.9 Å². The summed E-state index contributed by atoms with van der Waals surface area (Å²) in [5.41, 5.74) is 1.16. The zero-order valence-electron chi connectivity index (χ0n) is 10.9. The van der Waals surface area contributed by atoms with Crippen LogP contribution in [0.4, 0.5) is 0 Å². The van der Waals surface area contributed by atoms with E-state index in [9.17, 15) is 4.79 Å². The number of carbonyl (C=O) groups excluding carboxylic acids is 1. The molecule has 1 amide bonds. The number of amides is 1. The van der Waals surface area contributed by atoms with E-state index in [-0.39, 0.29) is 18.1 Å². The van der Waals surface area contributed by atoms with Crippen LogP contribution in [0.1, 0.15) is 24.3 Å². The zero-order chi connectivity index (χ0) is 13.0. The summed E-state index contributed by atoms with van der Waals surface area (Å²) in [4.78, 5) is 12.9. The molecule has 1 aliphatic heterocycles. The summed E-state index contributed by atoms with van der Waals surface area (Å²) in [6.45, 7) is 6.55. The van der Waals surface area contributed by atoms with Crippen molar-refractivity contribution in [2.24, 2.45) is 0 Å². The summed E-state index contributed by atoms with van der Waals surface area (Å²) >= 11 is 1.69. The van der Waals surface area contributed by atoms with Gasteiger partial charge in [-0.1, -0.05) is 6.92 Å². The van der Waals surface area contributed by atoms with Gasteiger partial charge in [0.2, 0.25) is 5.91 Å². The van der Waals surface area contributed by atoms with Gasteiger partial charge in [-0.3, -0.25) is 4.79 Å². The van der Waals surface area contributed by atoms with E-state index in [4.69, 9.17) is 4.74 Å². The lowest BCUT2D eigenvalue weighted by molar-refractivity contribution is -0.135. The molecule has 0 radical (unpaired) electrons. The van der Waals surface area contributed by atoms with Crippen LogP contribution >= 0.6 is 11.3 Å². The molecule has 4 nitrogen and oxygen atoms in total. The van der Waals surface area contributed by atoms with Gasteiger partial charge in [0.15, 0.2) is 0 Å². The molecule has 1 aromatic rings. The lowest BCUT2D eigenvalue weighted by atomic mass is 10.0. The molecule has 0 bridgehead atoms. The Balaban J connectivity index is 1.71. The van der Waals surface area contributed by atoms with E-state index in [1.807, 2.05) is 6.92 Å². The van der Waals surface area contributed by atoms with Gasteiger partial charge in [-0.2, -0.15) is 0 Å². The maximum Gasteiger partial charge on any atom is 0.246 e. The lowest BCUT2D eigenvalue weighted by Gasteiger charge is -2.38. The standard InChI is InChI=1S/C13H20N2O2S/c1-3-10-4-5-18-11(10)6-15-12(16)7-17-13(2)8-14-9-13/h4-5,14H,3,6-9H2,1-2H3,(H,15,16). The monoisotopic (exact) mass is 268 g/mol. The summed E-state index contributed by atoms with van der Waals surface area (Å²) in [6, 6.07) is 2.11. The second-order valence-electron chi connectivity index (χ2n) is 4.84. The second-order valence-corrected chi connectivity index (χ2v) is 5.84. The highest BCUT2D eigenvalue weighted by Crippen LogP contribution is 2.17. The third kappa shape index (κ3) is 3.31. The molecular weight excluding hydrogens is 248 g/mol. The first-order chi connectivity index (χ1) is 8.63. The molecule has 1 fully saturated rings. The zero-order valence-corrected chi connectivity index (χ0v) is 11.7. The molecule has 0 atom stereocenters. The quantitative estimate of drug-likeness (QED) is 0.818. The molecule has 2 rings (SSSR count). The van der Waals surface area contributed by atoms with Gasteiger partial charge in [0.05, 0.1) is 12.1 Å². The van der Waals surface area contributed by atoms with Crippen molar-refractivity contribution in [2.75, 3.05) is 19.7 Å². The summed E-state index contributed by atoms with van der Waals surface area (Å²) in [5, 5.41) is 8.11. The number of carbonyl (C=O) groups is 1. The number of aryl methyl sites for hydroxylation is 1. The Labute approximate surface area is 112 Å². The largest absolute Gasteiger partial charge is 0.363 e. The van der Waals surface area contributed by atoms with Crippen LogP contribution in [0.15, 0.2) is 11.4 Å². The molecule has 1 aromatic heterocycles. The van der Waals surface area contributed by atoms with Crippen LogP contribution in [-0.2, 0) is 22.5 Å². The van der Waals surface area contributed by atoms with Crippen molar-refractivity contribution in [1.29, 1.82) is 0 Å². The second kappa shape index (κ2) is 5.82. The van der Waals surface area contributed by atoms with Crippen LogP contribution in [0.2, 0.25) is 0 Å². The topological polar surface area (TPSA) is 50.4 Å². The smallest absolute Gasteiger partial charge is 0.246 e. The third-order valence-electron chi connectivity index (χ3n) is 3.21. The first kappa shape index (κ1) is 13.5. The average Bonchev–Trinajstić information content (AvgIpc) is 2.78. The summed E-state index contributed by atoms with van der Waals surface area (Å²) in [5.74, 6) is -0.0430. The fourth-order valence-corrected chi connectivity index (χ4v) is 2.80. The molecule has 2 heterocycles. The summed E-state index contributed by atoms with van der Waals surface area (Å²) in [7, 11) is 0. The van der Waals surface area contributed by atoms with Crippen molar-refractivity contribution >= 4 is 17.2 Å². The normalized spacial score (nSPS) is 17.2. The molecule has 0 aliphatic carbocycles. The fourth-order valence-electron chi connectivity index (χ4n) is 1.89. The predicted octanol–water partition coefficient (Wildman–Crippen LogP) is 1.31. The van der Waals surface area contributed by atoms with Crippen LogP contribution in [0, 0.1) is 0 Å². The highest BCUT2D eigenvalue weighted by molar-refractivity contribution is 7.10. The molecule has 1 saturated heterocycles. The van der Waals surface area contributed by atoms with E-state index >= 15 is 0 Å². The Morgan fingerprint density at radius 1 is 1.61 bits per heavy atom. The third-order valence-corrected chi connectivity index (χ3v) is 4.18. The number of nitrogens with one attached hydrogen (secondary N) is 2. The van der Waals surface area contributed by atoms with Crippen LogP contribution in [0.25, 0.3) is 0 Å². The van der Waals surface area contributed by atoms with E-state index in [1.54, 1.807) is 11.3 Å². The summed E-state index contributed by atoms with van der Waals surface area (Å²) in [6.07, 6.45) is 1.01. The molecule has 5 heteroatoms. The van der Waals surface area contributed by atoms with E-state index in [1.165, 1.54) is 10.4 Å². The Hall–Kier alpha value is -0.910.